The number of rotatable bonds is 8. The van der Waals surface area contributed by atoms with Gasteiger partial charge in [-0.05, 0) is 37.0 Å². The van der Waals surface area contributed by atoms with Gasteiger partial charge in [0.05, 0.1) is 12.3 Å². The molecule has 3 rings (SSSR count). The van der Waals surface area contributed by atoms with Crippen LogP contribution in [0.5, 0.6) is 0 Å². The summed E-state index contributed by atoms with van der Waals surface area (Å²) in [6.07, 6.45) is 5.81. The van der Waals surface area contributed by atoms with Gasteiger partial charge in [-0.25, -0.2) is 18.1 Å². The Bertz CT molecular complexity index is 850. The molecule has 1 N–H and O–H groups in total. The van der Waals surface area contributed by atoms with Gasteiger partial charge in [0.15, 0.2) is 0 Å². The van der Waals surface area contributed by atoms with E-state index in [-0.39, 0.29) is 11.7 Å². The first kappa shape index (κ1) is 19.5. The Morgan fingerprint density at radius 1 is 1.30 bits per heavy atom. The molecule has 0 radical (unpaired) electrons. The van der Waals surface area contributed by atoms with E-state index < -0.39 is 16.1 Å². The summed E-state index contributed by atoms with van der Waals surface area (Å²) in [5.74, 6) is -0.166. The fourth-order valence-corrected chi connectivity index (χ4v) is 5.08. The second kappa shape index (κ2) is 8.62. The van der Waals surface area contributed by atoms with Crippen LogP contribution in [0.15, 0.2) is 36.9 Å². The Balaban J connectivity index is 1.62. The fraction of sp³-hybridized carbons (Fsp3) is 0.500. The van der Waals surface area contributed by atoms with Crippen LogP contribution in [0.1, 0.15) is 38.2 Å². The molecule has 0 saturated carbocycles. The van der Waals surface area contributed by atoms with Crippen molar-refractivity contribution in [1.29, 1.82) is 0 Å². The molecular weight excluding hydrogens is 366 g/mol. The minimum atomic E-state index is -3.39. The van der Waals surface area contributed by atoms with Gasteiger partial charge >= 0.3 is 0 Å². The number of amides is 1. The van der Waals surface area contributed by atoms with Crippen molar-refractivity contribution in [2.24, 2.45) is 0 Å². The zero-order valence-electron chi connectivity index (χ0n) is 15.4. The van der Waals surface area contributed by atoms with Gasteiger partial charge in [0, 0.05) is 12.2 Å². The first-order valence-corrected chi connectivity index (χ1v) is 10.8. The zero-order chi connectivity index (χ0) is 19.3. The Kier molecular flexibility index (Phi) is 6.22. The maximum atomic E-state index is 12.6. The van der Waals surface area contributed by atoms with Crippen LogP contribution in [0.4, 0.5) is 5.69 Å². The SMILES string of the molecule is CCCCS(=O)(=O)N1CCCC1C(=O)Nc1ccc(Cn2cncn2)cc1. The molecule has 1 fully saturated rings. The highest BCUT2D eigenvalue weighted by atomic mass is 32.2. The average Bonchev–Trinajstić information content (AvgIpc) is 3.33. The maximum Gasteiger partial charge on any atom is 0.242 e. The van der Waals surface area contributed by atoms with Crippen LogP contribution in [0, 0.1) is 0 Å². The molecule has 0 bridgehead atoms. The fourth-order valence-electron chi connectivity index (χ4n) is 3.20. The van der Waals surface area contributed by atoms with Crippen molar-refractivity contribution in [3.63, 3.8) is 0 Å². The number of hydrogen-bond donors (Lipinski definition) is 1. The number of benzene rings is 1. The van der Waals surface area contributed by atoms with Crippen molar-refractivity contribution in [2.45, 2.75) is 45.2 Å². The summed E-state index contributed by atoms with van der Waals surface area (Å²) in [5.41, 5.74) is 1.68. The van der Waals surface area contributed by atoms with Crippen LogP contribution in [0.25, 0.3) is 0 Å². The molecular formula is C18H25N5O3S. The van der Waals surface area contributed by atoms with Gasteiger partial charge in [0.25, 0.3) is 0 Å². The Hall–Kier alpha value is -2.26. The van der Waals surface area contributed by atoms with Crippen LogP contribution >= 0.6 is 0 Å². The van der Waals surface area contributed by atoms with Crippen LogP contribution in [0.2, 0.25) is 0 Å². The predicted molar refractivity (Wildman–Crippen MR) is 103 cm³/mol. The van der Waals surface area contributed by atoms with E-state index in [4.69, 9.17) is 0 Å². The molecule has 9 heteroatoms. The van der Waals surface area contributed by atoms with E-state index in [0.29, 0.717) is 38.0 Å². The topological polar surface area (TPSA) is 97.2 Å². The predicted octanol–water partition coefficient (Wildman–Crippen LogP) is 1.86. The summed E-state index contributed by atoms with van der Waals surface area (Å²) in [5, 5.41) is 6.91. The van der Waals surface area contributed by atoms with E-state index in [0.717, 1.165) is 12.0 Å². The monoisotopic (exact) mass is 391 g/mol. The van der Waals surface area contributed by atoms with Gasteiger partial charge in [-0.1, -0.05) is 25.5 Å². The summed E-state index contributed by atoms with van der Waals surface area (Å²) >= 11 is 0. The summed E-state index contributed by atoms with van der Waals surface area (Å²) in [6, 6.07) is 6.81. The van der Waals surface area contributed by atoms with Gasteiger partial charge < -0.3 is 5.32 Å². The molecule has 1 aromatic carbocycles. The molecule has 1 aliphatic heterocycles. The molecule has 1 saturated heterocycles. The van der Waals surface area contributed by atoms with Gasteiger partial charge in [-0.2, -0.15) is 9.40 Å². The molecule has 146 valence electrons. The van der Waals surface area contributed by atoms with Crippen LogP contribution in [-0.4, -0.2) is 51.7 Å². The van der Waals surface area contributed by atoms with E-state index in [2.05, 4.69) is 15.4 Å². The highest BCUT2D eigenvalue weighted by Crippen LogP contribution is 2.23. The molecule has 1 aromatic heterocycles. The third-order valence-corrected chi connectivity index (χ3v) is 6.61. The van der Waals surface area contributed by atoms with E-state index in [9.17, 15) is 13.2 Å². The zero-order valence-corrected chi connectivity index (χ0v) is 16.2. The third-order valence-electron chi connectivity index (χ3n) is 4.65. The molecule has 2 heterocycles. The number of sulfonamides is 1. The number of nitrogens with one attached hydrogen (secondary N) is 1. The lowest BCUT2D eigenvalue weighted by Crippen LogP contribution is -2.44. The van der Waals surface area contributed by atoms with Crippen molar-refractivity contribution in [1.82, 2.24) is 19.1 Å². The second-order valence-electron chi connectivity index (χ2n) is 6.72. The summed E-state index contributed by atoms with van der Waals surface area (Å²) in [4.78, 5) is 16.6. The van der Waals surface area contributed by atoms with Crippen LogP contribution in [0.3, 0.4) is 0 Å². The third kappa shape index (κ3) is 4.92. The van der Waals surface area contributed by atoms with Crippen LogP contribution < -0.4 is 5.32 Å². The largest absolute Gasteiger partial charge is 0.325 e. The molecule has 1 unspecified atom stereocenters. The Labute approximate surface area is 159 Å². The van der Waals surface area contributed by atoms with Crippen molar-refractivity contribution in [3.8, 4) is 0 Å². The number of carbonyl (C=O) groups excluding carboxylic acids is 1. The first-order chi connectivity index (χ1) is 13.0. The average molecular weight is 391 g/mol. The van der Waals surface area contributed by atoms with E-state index in [1.807, 2.05) is 31.2 Å². The van der Waals surface area contributed by atoms with Gasteiger partial charge in [-0.3, -0.25) is 4.79 Å². The second-order valence-corrected chi connectivity index (χ2v) is 8.76. The quantitative estimate of drug-likeness (QED) is 0.741. The molecule has 1 aliphatic rings. The summed E-state index contributed by atoms with van der Waals surface area (Å²) in [7, 11) is -3.39. The van der Waals surface area contributed by atoms with Crippen molar-refractivity contribution < 1.29 is 13.2 Å². The standard InChI is InChI=1S/C18H25N5O3S/c1-2-3-11-27(25,26)23-10-4-5-17(23)18(24)21-16-8-6-15(7-9-16)12-22-14-19-13-20-22/h6-9,13-14,17H,2-5,10-12H2,1H3,(H,21,24). The molecule has 1 amide bonds. The smallest absolute Gasteiger partial charge is 0.242 e. The number of carbonyl (C=O) groups is 1. The number of hydrogen-bond acceptors (Lipinski definition) is 5. The van der Waals surface area contributed by atoms with Gasteiger partial charge in [0.2, 0.25) is 15.9 Å². The van der Waals surface area contributed by atoms with Gasteiger partial charge in [-0.15, -0.1) is 0 Å². The minimum absolute atomic E-state index is 0.101. The van der Waals surface area contributed by atoms with Gasteiger partial charge in [0.1, 0.15) is 18.7 Å². The molecule has 8 nitrogen and oxygen atoms in total. The summed E-state index contributed by atoms with van der Waals surface area (Å²) < 4.78 is 28.1. The number of unbranched alkanes of at least 4 members (excludes halogenated alkanes) is 1. The van der Waals surface area contributed by atoms with E-state index >= 15 is 0 Å². The summed E-state index contributed by atoms with van der Waals surface area (Å²) in [6.45, 7) is 2.97. The number of nitrogens with zero attached hydrogens (tertiary/aromatic N) is 4. The van der Waals surface area contributed by atoms with Crippen molar-refractivity contribution in [2.75, 3.05) is 17.6 Å². The van der Waals surface area contributed by atoms with E-state index in [1.165, 1.54) is 10.6 Å². The number of aromatic nitrogens is 3. The molecule has 0 spiro atoms. The molecule has 0 aliphatic carbocycles. The molecule has 1 atom stereocenters. The van der Waals surface area contributed by atoms with Crippen molar-refractivity contribution in [3.05, 3.63) is 42.5 Å². The van der Waals surface area contributed by atoms with Crippen LogP contribution in [-0.2, 0) is 21.4 Å². The van der Waals surface area contributed by atoms with E-state index in [1.54, 1.807) is 11.0 Å². The lowest BCUT2D eigenvalue weighted by molar-refractivity contribution is -0.119. The lowest BCUT2D eigenvalue weighted by Gasteiger charge is -2.23. The number of anilines is 1. The normalized spacial score (nSPS) is 17.9. The lowest BCUT2D eigenvalue weighted by atomic mass is 10.2. The highest BCUT2D eigenvalue weighted by molar-refractivity contribution is 7.89. The molecule has 27 heavy (non-hydrogen) atoms. The maximum absolute atomic E-state index is 12.6. The Morgan fingerprint density at radius 3 is 2.74 bits per heavy atom. The molecule has 2 aromatic rings. The highest BCUT2D eigenvalue weighted by Gasteiger charge is 2.38. The van der Waals surface area contributed by atoms with Crippen molar-refractivity contribution >= 4 is 21.6 Å². The first-order valence-electron chi connectivity index (χ1n) is 9.21. The minimum Gasteiger partial charge on any atom is -0.325 e. The Morgan fingerprint density at radius 2 is 2.07 bits per heavy atom.